The molecule has 1 heterocycles. The Bertz CT molecular complexity index is 428. The minimum atomic E-state index is 0.0822. The van der Waals surface area contributed by atoms with Crippen LogP contribution >= 0.6 is 15.9 Å². The van der Waals surface area contributed by atoms with Crippen LogP contribution in [0.15, 0.2) is 22.7 Å². The van der Waals surface area contributed by atoms with Gasteiger partial charge in [0.1, 0.15) is 0 Å². The number of hydrogen-bond donors (Lipinski definition) is 1. The molecule has 5 heteroatoms. The van der Waals surface area contributed by atoms with E-state index < -0.39 is 0 Å². The molecule has 17 heavy (non-hydrogen) atoms. The van der Waals surface area contributed by atoms with E-state index in [-0.39, 0.29) is 5.91 Å². The summed E-state index contributed by atoms with van der Waals surface area (Å²) < 4.78 is 0.775. The van der Waals surface area contributed by atoms with E-state index in [4.69, 9.17) is 5.73 Å². The van der Waals surface area contributed by atoms with E-state index in [1.807, 2.05) is 4.90 Å². The Kier molecular flexibility index (Phi) is 3.69. The van der Waals surface area contributed by atoms with E-state index in [2.05, 4.69) is 27.9 Å². The molecule has 1 aromatic carbocycles. The lowest BCUT2D eigenvalue weighted by Crippen LogP contribution is -2.47. The molecule has 0 bridgehead atoms. The van der Waals surface area contributed by atoms with Gasteiger partial charge in [-0.25, -0.2) is 0 Å². The van der Waals surface area contributed by atoms with Crippen molar-refractivity contribution in [2.45, 2.75) is 0 Å². The van der Waals surface area contributed by atoms with Crippen molar-refractivity contribution in [2.24, 2.45) is 0 Å². The maximum absolute atomic E-state index is 12.2. The predicted octanol–water partition coefficient (Wildman–Crippen LogP) is 1.42. The highest BCUT2D eigenvalue weighted by atomic mass is 79.9. The molecule has 0 spiro atoms. The predicted molar refractivity (Wildman–Crippen MR) is 72.0 cm³/mol. The molecular weight excluding hydrogens is 282 g/mol. The van der Waals surface area contributed by atoms with Gasteiger partial charge in [0.05, 0.1) is 0 Å². The summed E-state index contributed by atoms with van der Waals surface area (Å²) in [7, 11) is 2.07. The number of nitrogens with zero attached hydrogens (tertiary/aromatic N) is 2. The van der Waals surface area contributed by atoms with Gasteiger partial charge in [0.15, 0.2) is 0 Å². The summed E-state index contributed by atoms with van der Waals surface area (Å²) in [6.45, 7) is 3.44. The Morgan fingerprint density at radius 1 is 1.29 bits per heavy atom. The number of carbonyl (C=O) groups excluding carboxylic acids is 1. The zero-order valence-corrected chi connectivity index (χ0v) is 11.4. The summed E-state index contributed by atoms with van der Waals surface area (Å²) >= 11 is 3.34. The minimum absolute atomic E-state index is 0.0822. The quantitative estimate of drug-likeness (QED) is 0.798. The molecule has 1 aliphatic rings. The fraction of sp³-hybridized carbons (Fsp3) is 0.417. The van der Waals surface area contributed by atoms with E-state index >= 15 is 0 Å². The highest BCUT2D eigenvalue weighted by Crippen LogP contribution is 2.21. The number of amides is 1. The molecule has 1 fully saturated rings. The van der Waals surface area contributed by atoms with Crippen LogP contribution in [0.3, 0.4) is 0 Å². The van der Waals surface area contributed by atoms with Gasteiger partial charge in [-0.1, -0.05) is 0 Å². The lowest BCUT2D eigenvalue weighted by atomic mass is 10.1. The number of carbonyl (C=O) groups is 1. The molecule has 0 saturated carbocycles. The lowest BCUT2D eigenvalue weighted by molar-refractivity contribution is 0.0664. The third-order valence-electron chi connectivity index (χ3n) is 3.04. The first kappa shape index (κ1) is 12.4. The van der Waals surface area contributed by atoms with Gasteiger partial charge < -0.3 is 15.5 Å². The van der Waals surface area contributed by atoms with E-state index in [0.29, 0.717) is 11.3 Å². The van der Waals surface area contributed by atoms with Gasteiger partial charge in [0.2, 0.25) is 0 Å². The second-order valence-corrected chi connectivity index (χ2v) is 5.19. The zero-order valence-electron chi connectivity index (χ0n) is 9.82. The standard InChI is InChI=1S/C12H16BrN3O/c1-15-4-6-16(7-5-15)12(17)9-2-3-11(14)10(13)8-9/h2-3,8H,4-7,14H2,1H3. The van der Waals surface area contributed by atoms with E-state index in [9.17, 15) is 4.79 Å². The second-order valence-electron chi connectivity index (χ2n) is 4.33. The van der Waals surface area contributed by atoms with Crippen LogP contribution in [0.25, 0.3) is 0 Å². The number of likely N-dealkylation sites (N-methyl/N-ethyl adjacent to an activating group) is 1. The smallest absolute Gasteiger partial charge is 0.253 e. The van der Waals surface area contributed by atoms with Crippen LogP contribution in [0.1, 0.15) is 10.4 Å². The topological polar surface area (TPSA) is 49.6 Å². The number of rotatable bonds is 1. The largest absolute Gasteiger partial charge is 0.398 e. The molecule has 0 radical (unpaired) electrons. The number of halogens is 1. The van der Waals surface area contributed by atoms with Crippen molar-refractivity contribution in [3.8, 4) is 0 Å². The Labute approximate surface area is 110 Å². The number of hydrogen-bond acceptors (Lipinski definition) is 3. The van der Waals surface area contributed by atoms with E-state index in [1.165, 1.54) is 0 Å². The molecule has 1 aromatic rings. The fourth-order valence-electron chi connectivity index (χ4n) is 1.85. The van der Waals surface area contributed by atoms with Gasteiger partial charge in [0, 0.05) is 41.9 Å². The van der Waals surface area contributed by atoms with Gasteiger partial charge in [-0.3, -0.25) is 4.79 Å². The van der Waals surface area contributed by atoms with Crippen molar-refractivity contribution in [1.29, 1.82) is 0 Å². The van der Waals surface area contributed by atoms with Crippen LogP contribution in [-0.4, -0.2) is 48.9 Å². The summed E-state index contributed by atoms with van der Waals surface area (Å²) in [5.41, 5.74) is 7.05. The monoisotopic (exact) mass is 297 g/mol. The average Bonchev–Trinajstić information content (AvgIpc) is 2.33. The third kappa shape index (κ3) is 2.79. The number of benzene rings is 1. The molecule has 0 aromatic heterocycles. The molecule has 2 rings (SSSR count). The van der Waals surface area contributed by atoms with Gasteiger partial charge in [-0.05, 0) is 41.2 Å². The normalized spacial score (nSPS) is 17.2. The first-order valence-electron chi connectivity index (χ1n) is 5.61. The molecule has 1 amide bonds. The molecule has 0 atom stereocenters. The van der Waals surface area contributed by atoms with Crippen LogP contribution in [0.4, 0.5) is 5.69 Å². The zero-order chi connectivity index (χ0) is 12.4. The van der Waals surface area contributed by atoms with Crippen molar-refractivity contribution in [2.75, 3.05) is 39.0 Å². The highest BCUT2D eigenvalue weighted by Gasteiger charge is 2.20. The fourth-order valence-corrected chi connectivity index (χ4v) is 2.23. The van der Waals surface area contributed by atoms with Crippen molar-refractivity contribution < 1.29 is 4.79 Å². The van der Waals surface area contributed by atoms with Crippen LogP contribution in [-0.2, 0) is 0 Å². The van der Waals surface area contributed by atoms with Crippen molar-refractivity contribution in [1.82, 2.24) is 9.80 Å². The van der Waals surface area contributed by atoms with Gasteiger partial charge >= 0.3 is 0 Å². The van der Waals surface area contributed by atoms with E-state index in [1.54, 1.807) is 18.2 Å². The molecule has 1 aliphatic heterocycles. The number of piperazine rings is 1. The summed E-state index contributed by atoms with van der Waals surface area (Å²) in [6.07, 6.45) is 0. The summed E-state index contributed by atoms with van der Waals surface area (Å²) in [4.78, 5) is 16.3. The Balaban J connectivity index is 2.11. The summed E-state index contributed by atoms with van der Waals surface area (Å²) in [6, 6.07) is 5.32. The molecule has 0 aliphatic carbocycles. The van der Waals surface area contributed by atoms with Gasteiger partial charge in [-0.15, -0.1) is 0 Å². The summed E-state index contributed by atoms with van der Waals surface area (Å²) in [5, 5.41) is 0. The number of nitrogen functional groups attached to an aromatic ring is 1. The molecule has 0 unspecified atom stereocenters. The molecule has 2 N–H and O–H groups in total. The first-order valence-corrected chi connectivity index (χ1v) is 6.40. The Hall–Kier alpha value is -1.07. The van der Waals surface area contributed by atoms with Crippen molar-refractivity contribution in [3.05, 3.63) is 28.2 Å². The molecular formula is C12H16BrN3O. The first-order chi connectivity index (χ1) is 8.08. The third-order valence-corrected chi connectivity index (χ3v) is 3.72. The average molecular weight is 298 g/mol. The van der Waals surface area contributed by atoms with Crippen LogP contribution < -0.4 is 5.73 Å². The van der Waals surface area contributed by atoms with Crippen molar-refractivity contribution >= 4 is 27.5 Å². The number of anilines is 1. The SMILES string of the molecule is CN1CCN(C(=O)c2ccc(N)c(Br)c2)CC1. The highest BCUT2D eigenvalue weighted by molar-refractivity contribution is 9.10. The summed E-state index contributed by atoms with van der Waals surface area (Å²) in [5.74, 6) is 0.0822. The van der Waals surface area contributed by atoms with Crippen LogP contribution in [0.5, 0.6) is 0 Å². The second kappa shape index (κ2) is 5.06. The van der Waals surface area contributed by atoms with Crippen LogP contribution in [0, 0.1) is 0 Å². The maximum atomic E-state index is 12.2. The van der Waals surface area contributed by atoms with Crippen LogP contribution in [0.2, 0.25) is 0 Å². The number of nitrogens with two attached hydrogens (primary N) is 1. The van der Waals surface area contributed by atoms with Gasteiger partial charge in [0.25, 0.3) is 5.91 Å². The molecule has 1 saturated heterocycles. The maximum Gasteiger partial charge on any atom is 0.253 e. The van der Waals surface area contributed by atoms with Gasteiger partial charge in [-0.2, -0.15) is 0 Å². The lowest BCUT2D eigenvalue weighted by Gasteiger charge is -2.32. The Morgan fingerprint density at radius 3 is 2.53 bits per heavy atom. The molecule has 4 nitrogen and oxygen atoms in total. The minimum Gasteiger partial charge on any atom is -0.398 e. The Morgan fingerprint density at radius 2 is 1.94 bits per heavy atom. The van der Waals surface area contributed by atoms with E-state index in [0.717, 1.165) is 30.7 Å². The van der Waals surface area contributed by atoms with Crippen molar-refractivity contribution in [3.63, 3.8) is 0 Å². The molecule has 92 valence electrons.